The van der Waals surface area contributed by atoms with E-state index in [1.807, 2.05) is 6.07 Å². The monoisotopic (exact) mass is 406 g/mol. The summed E-state index contributed by atoms with van der Waals surface area (Å²) >= 11 is 5.89. The average molecular weight is 407 g/mol. The Hall–Kier alpha value is -3.33. The van der Waals surface area contributed by atoms with Crippen molar-refractivity contribution in [3.05, 3.63) is 57.1 Å². The highest BCUT2D eigenvalue weighted by Gasteiger charge is 2.15. The van der Waals surface area contributed by atoms with Crippen LogP contribution in [0.2, 0.25) is 5.02 Å². The molecule has 2 aromatic rings. The number of benzene rings is 2. The number of ether oxygens (including phenoxy) is 3. The number of nitrogens with one attached hydrogen (secondary N) is 1. The van der Waals surface area contributed by atoms with Crippen LogP contribution in [0.25, 0.3) is 0 Å². The number of hydrogen-bond donors (Lipinski definition) is 1. The first-order valence-corrected chi connectivity index (χ1v) is 8.58. The van der Waals surface area contributed by atoms with Gasteiger partial charge in [-0.15, -0.1) is 0 Å². The lowest BCUT2D eigenvalue weighted by molar-refractivity contribution is -0.384. The number of carbonyl (C=O) groups is 2. The third-order valence-corrected chi connectivity index (χ3v) is 4.17. The van der Waals surface area contributed by atoms with Crippen LogP contribution in [0.3, 0.4) is 0 Å². The third kappa shape index (κ3) is 4.89. The number of amides is 1. The van der Waals surface area contributed by atoms with Crippen LogP contribution in [0.1, 0.15) is 12.0 Å². The van der Waals surface area contributed by atoms with Gasteiger partial charge in [0.2, 0.25) is 6.79 Å². The first-order chi connectivity index (χ1) is 13.4. The quantitative estimate of drug-likeness (QED) is 0.426. The molecule has 10 heteroatoms. The number of rotatable bonds is 7. The van der Waals surface area contributed by atoms with Crippen molar-refractivity contribution >= 4 is 34.9 Å². The Labute approximate surface area is 164 Å². The molecule has 1 aliphatic heterocycles. The van der Waals surface area contributed by atoms with Gasteiger partial charge in [0, 0.05) is 18.6 Å². The lowest BCUT2D eigenvalue weighted by Crippen LogP contribution is -2.21. The summed E-state index contributed by atoms with van der Waals surface area (Å²) in [6.07, 6.45) is 0.510. The van der Waals surface area contributed by atoms with Gasteiger partial charge in [-0.3, -0.25) is 19.7 Å². The number of aryl methyl sites for hydroxylation is 1. The molecule has 0 saturated heterocycles. The van der Waals surface area contributed by atoms with Crippen molar-refractivity contribution < 1.29 is 28.7 Å². The maximum Gasteiger partial charge on any atom is 0.306 e. The zero-order valence-electron chi connectivity index (χ0n) is 14.5. The minimum Gasteiger partial charge on any atom is -0.456 e. The molecule has 28 heavy (non-hydrogen) atoms. The van der Waals surface area contributed by atoms with E-state index in [1.54, 1.807) is 12.1 Å². The molecule has 1 amide bonds. The van der Waals surface area contributed by atoms with Crippen molar-refractivity contribution in [3.8, 4) is 11.5 Å². The van der Waals surface area contributed by atoms with Crippen molar-refractivity contribution in [2.24, 2.45) is 0 Å². The Bertz CT molecular complexity index is 932. The Balaban J connectivity index is 1.44. The van der Waals surface area contributed by atoms with Gasteiger partial charge in [-0.2, -0.15) is 0 Å². The maximum atomic E-state index is 11.9. The second-order valence-electron chi connectivity index (χ2n) is 5.82. The molecule has 0 unspecified atom stereocenters. The van der Waals surface area contributed by atoms with E-state index in [1.165, 1.54) is 12.1 Å². The summed E-state index contributed by atoms with van der Waals surface area (Å²) in [6, 6.07) is 9.01. The predicted molar refractivity (Wildman–Crippen MR) is 98.6 cm³/mol. The lowest BCUT2D eigenvalue weighted by atomic mass is 10.1. The van der Waals surface area contributed by atoms with Crippen LogP contribution >= 0.6 is 11.6 Å². The van der Waals surface area contributed by atoms with E-state index < -0.39 is 23.4 Å². The van der Waals surface area contributed by atoms with E-state index in [0.717, 1.165) is 11.6 Å². The molecule has 1 aliphatic rings. The highest BCUT2D eigenvalue weighted by atomic mass is 35.5. The first-order valence-electron chi connectivity index (χ1n) is 8.20. The average Bonchev–Trinajstić information content (AvgIpc) is 3.14. The molecule has 0 fully saturated rings. The van der Waals surface area contributed by atoms with E-state index in [-0.39, 0.29) is 29.6 Å². The van der Waals surface area contributed by atoms with Gasteiger partial charge in [0.15, 0.2) is 18.1 Å². The third-order valence-electron chi connectivity index (χ3n) is 3.86. The van der Waals surface area contributed by atoms with Crippen LogP contribution in [-0.4, -0.2) is 30.2 Å². The summed E-state index contributed by atoms with van der Waals surface area (Å²) in [5, 5.41) is 13.1. The van der Waals surface area contributed by atoms with Gasteiger partial charge in [0.05, 0.1) is 15.6 Å². The van der Waals surface area contributed by atoms with Gasteiger partial charge in [-0.1, -0.05) is 17.7 Å². The first kappa shape index (κ1) is 19.4. The summed E-state index contributed by atoms with van der Waals surface area (Å²) in [7, 11) is 0. The topological polar surface area (TPSA) is 117 Å². The largest absolute Gasteiger partial charge is 0.456 e. The van der Waals surface area contributed by atoms with E-state index in [0.29, 0.717) is 17.9 Å². The molecule has 2 aromatic carbocycles. The molecule has 1 N–H and O–H groups in total. The second-order valence-corrected chi connectivity index (χ2v) is 6.22. The Morgan fingerprint density at radius 1 is 1.18 bits per heavy atom. The number of carbonyl (C=O) groups excluding carboxylic acids is 2. The van der Waals surface area contributed by atoms with E-state index in [4.69, 9.17) is 25.8 Å². The van der Waals surface area contributed by atoms with Gasteiger partial charge < -0.3 is 19.5 Å². The fourth-order valence-corrected chi connectivity index (χ4v) is 2.69. The van der Waals surface area contributed by atoms with Gasteiger partial charge in [-0.05, 0) is 30.2 Å². The molecule has 0 bridgehead atoms. The highest BCUT2D eigenvalue weighted by Crippen LogP contribution is 2.32. The second kappa shape index (κ2) is 8.57. The van der Waals surface area contributed by atoms with Crippen molar-refractivity contribution in [3.63, 3.8) is 0 Å². The van der Waals surface area contributed by atoms with E-state index in [9.17, 15) is 19.7 Å². The van der Waals surface area contributed by atoms with Crippen molar-refractivity contribution in [1.82, 2.24) is 0 Å². The number of nitro benzene ring substituents is 1. The zero-order chi connectivity index (χ0) is 20.1. The van der Waals surface area contributed by atoms with Crippen molar-refractivity contribution in [2.75, 3.05) is 18.7 Å². The van der Waals surface area contributed by atoms with Crippen LogP contribution in [0.5, 0.6) is 11.5 Å². The van der Waals surface area contributed by atoms with E-state index >= 15 is 0 Å². The van der Waals surface area contributed by atoms with Gasteiger partial charge in [-0.25, -0.2) is 0 Å². The van der Waals surface area contributed by atoms with Crippen LogP contribution in [0.4, 0.5) is 11.4 Å². The molecule has 1 heterocycles. The van der Waals surface area contributed by atoms with E-state index in [2.05, 4.69) is 5.32 Å². The van der Waals surface area contributed by atoms with Crippen LogP contribution < -0.4 is 14.8 Å². The highest BCUT2D eigenvalue weighted by molar-refractivity contribution is 6.34. The molecule has 0 aliphatic carbocycles. The molecular weight excluding hydrogens is 392 g/mol. The summed E-state index contributed by atoms with van der Waals surface area (Å²) < 4.78 is 15.4. The Morgan fingerprint density at radius 3 is 2.71 bits per heavy atom. The van der Waals surface area contributed by atoms with Crippen LogP contribution in [0, 0.1) is 10.1 Å². The number of nitro groups is 1. The molecule has 0 atom stereocenters. The summed E-state index contributed by atoms with van der Waals surface area (Å²) in [4.78, 5) is 33.8. The number of non-ortho nitro benzene ring substituents is 1. The standard InChI is InChI=1S/C18H15ClN2O7/c19-13-8-12(21(24)25)3-4-14(13)20-17(22)9-26-18(23)6-2-11-1-5-15-16(7-11)28-10-27-15/h1,3-5,7-8H,2,6,9-10H2,(H,20,22). The fraction of sp³-hybridized carbons (Fsp3) is 0.222. The molecule has 0 aromatic heterocycles. The smallest absolute Gasteiger partial charge is 0.306 e. The van der Waals surface area contributed by atoms with Gasteiger partial charge in [0.25, 0.3) is 11.6 Å². The number of anilines is 1. The van der Waals surface area contributed by atoms with Gasteiger partial charge >= 0.3 is 5.97 Å². The molecule has 9 nitrogen and oxygen atoms in total. The minimum atomic E-state index is -0.604. The normalized spacial score (nSPS) is 11.8. The summed E-state index contributed by atoms with van der Waals surface area (Å²) in [5.74, 6) is 0.146. The molecule has 0 saturated carbocycles. The predicted octanol–water partition coefficient (Wildman–Crippen LogP) is 3.09. The zero-order valence-corrected chi connectivity index (χ0v) is 15.2. The fourth-order valence-electron chi connectivity index (χ4n) is 2.47. The number of halogens is 1. The number of esters is 1. The van der Waals surface area contributed by atoms with Crippen molar-refractivity contribution in [1.29, 1.82) is 0 Å². The SMILES string of the molecule is O=C(COC(=O)CCc1ccc2c(c1)OCO2)Nc1ccc([N+](=O)[O-])cc1Cl. The molecule has 0 radical (unpaired) electrons. The maximum absolute atomic E-state index is 11.9. The summed E-state index contributed by atoms with van der Waals surface area (Å²) in [6.45, 7) is -0.317. The van der Waals surface area contributed by atoms with Gasteiger partial charge in [0.1, 0.15) is 0 Å². The molecule has 3 rings (SSSR count). The minimum absolute atomic E-state index is 0.0108. The Kier molecular flexibility index (Phi) is 5.95. The summed E-state index contributed by atoms with van der Waals surface area (Å²) in [5.41, 5.74) is 0.870. The number of nitrogens with zero attached hydrogens (tertiary/aromatic N) is 1. The molecule has 146 valence electrons. The molecule has 0 spiro atoms. The van der Waals surface area contributed by atoms with Crippen LogP contribution in [0.15, 0.2) is 36.4 Å². The van der Waals surface area contributed by atoms with Crippen molar-refractivity contribution in [2.45, 2.75) is 12.8 Å². The number of fused-ring (bicyclic) bond motifs is 1. The molecular formula is C18H15ClN2O7. The van der Waals surface area contributed by atoms with Crippen LogP contribution in [-0.2, 0) is 20.7 Å². The Morgan fingerprint density at radius 2 is 1.96 bits per heavy atom. The number of hydrogen-bond acceptors (Lipinski definition) is 7. The lowest BCUT2D eigenvalue weighted by Gasteiger charge is -2.08.